The van der Waals surface area contributed by atoms with Crippen LogP contribution in [0.4, 0.5) is 0 Å². The molecule has 2 aromatic rings. The molecule has 4 heteroatoms. The van der Waals surface area contributed by atoms with Gasteiger partial charge >= 0.3 is 0 Å². The molecule has 0 spiro atoms. The van der Waals surface area contributed by atoms with Crippen molar-refractivity contribution >= 4 is 17.2 Å². The minimum Gasteiger partial charge on any atom is -0.496 e. The molecule has 0 heterocycles. The van der Waals surface area contributed by atoms with Gasteiger partial charge in [0.2, 0.25) is 0 Å². The lowest BCUT2D eigenvalue weighted by Gasteiger charge is -2.09. The normalized spacial score (nSPS) is 11.5. The third kappa shape index (κ3) is 5.27. The number of benzene rings is 2. The zero-order chi connectivity index (χ0) is 15.6. The maximum atomic E-state index is 5.40. The fourth-order valence-electron chi connectivity index (χ4n) is 2.32. The first-order chi connectivity index (χ1) is 10.8. The van der Waals surface area contributed by atoms with E-state index < -0.39 is 0 Å². The highest BCUT2D eigenvalue weighted by molar-refractivity contribution is 7.41. The second-order valence-corrected chi connectivity index (χ2v) is 7.68. The number of ether oxygens (including phenoxy) is 2. The topological polar surface area (TPSA) is 18.5 Å². The molecule has 2 atom stereocenters. The Morgan fingerprint density at radius 1 is 0.682 bits per heavy atom. The average molecular weight is 334 g/mol. The zero-order valence-electron chi connectivity index (χ0n) is 13.3. The Hall–Kier alpha value is -1.10. The van der Waals surface area contributed by atoms with E-state index in [0.717, 1.165) is 41.0 Å². The number of para-hydroxylation sites is 2. The van der Waals surface area contributed by atoms with Gasteiger partial charge in [0.15, 0.2) is 0 Å². The van der Waals surface area contributed by atoms with Gasteiger partial charge in [-0.25, -0.2) is 0 Å². The molecule has 0 fully saturated rings. The molecular formula is C18H24O2P2. The van der Waals surface area contributed by atoms with Crippen molar-refractivity contribution in [1.82, 2.24) is 0 Å². The third-order valence-electron chi connectivity index (χ3n) is 3.49. The molecule has 0 aromatic heterocycles. The second-order valence-electron chi connectivity index (χ2n) is 4.98. The van der Waals surface area contributed by atoms with Gasteiger partial charge in [-0.2, -0.15) is 0 Å². The Morgan fingerprint density at radius 2 is 1.09 bits per heavy atom. The predicted molar refractivity (Wildman–Crippen MR) is 99.8 cm³/mol. The van der Waals surface area contributed by atoms with E-state index in [1.54, 1.807) is 14.2 Å². The van der Waals surface area contributed by atoms with E-state index in [1.807, 2.05) is 24.3 Å². The molecule has 0 aliphatic carbocycles. The lowest BCUT2D eigenvalue weighted by atomic mass is 10.2. The quantitative estimate of drug-likeness (QED) is 0.486. The van der Waals surface area contributed by atoms with Crippen molar-refractivity contribution in [3.05, 3.63) is 59.7 Å². The molecule has 2 aromatic carbocycles. The van der Waals surface area contributed by atoms with Crippen LogP contribution in [0.1, 0.15) is 11.1 Å². The molecule has 22 heavy (non-hydrogen) atoms. The van der Waals surface area contributed by atoms with E-state index >= 15 is 0 Å². The molecule has 118 valence electrons. The Bertz CT molecular complexity index is 521. The van der Waals surface area contributed by atoms with Crippen molar-refractivity contribution in [3.8, 4) is 11.5 Å². The summed E-state index contributed by atoms with van der Waals surface area (Å²) in [5.74, 6) is 2.04. The van der Waals surface area contributed by atoms with Crippen LogP contribution >= 0.6 is 17.2 Å². The zero-order valence-corrected chi connectivity index (χ0v) is 15.3. The van der Waals surface area contributed by atoms with Crippen LogP contribution < -0.4 is 9.47 Å². The average Bonchev–Trinajstić information content (AvgIpc) is 2.58. The monoisotopic (exact) mass is 334 g/mol. The van der Waals surface area contributed by atoms with Crippen molar-refractivity contribution in [2.24, 2.45) is 0 Å². The van der Waals surface area contributed by atoms with Crippen molar-refractivity contribution < 1.29 is 9.47 Å². The van der Waals surface area contributed by atoms with Gasteiger partial charge in [0.05, 0.1) is 14.2 Å². The van der Waals surface area contributed by atoms with Crippen LogP contribution in [-0.2, 0) is 12.3 Å². The highest BCUT2D eigenvalue weighted by Crippen LogP contribution is 2.30. The standard InChI is InChI=1S/C18H24O2P2/c1-19-17-9-5-3-7-15(17)13-21-11-12-22-14-16-8-4-6-10-18(16)20-2/h3-10,21-22H,11-14H2,1-2H3. The van der Waals surface area contributed by atoms with E-state index in [0.29, 0.717) is 0 Å². The summed E-state index contributed by atoms with van der Waals surface area (Å²) in [5.41, 5.74) is 2.66. The van der Waals surface area contributed by atoms with Gasteiger partial charge in [0, 0.05) is 0 Å². The van der Waals surface area contributed by atoms with E-state index in [1.165, 1.54) is 23.5 Å². The molecule has 0 radical (unpaired) electrons. The van der Waals surface area contributed by atoms with Gasteiger partial charge < -0.3 is 9.47 Å². The summed E-state index contributed by atoms with van der Waals surface area (Å²) in [6.07, 6.45) is 4.85. The van der Waals surface area contributed by atoms with Crippen LogP contribution in [0.15, 0.2) is 48.5 Å². The molecule has 0 saturated heterocycles. The van der Waals surface area contributed by atoms with Gasteiger partial charge in [0.25, 0.3) is 0 Å². The largest absolute Gasteiger partial charge is 0.496 e. The van der Waals surface area contributed by atoms with Gasteiger partial charge in [0.1, 0.15) is 11.5 Å². The molecular weight excluding hydrogens is 310 g/mol. The van der Waals surface area contributed by atoms with Crippen LogP contribution in [0.2, 0.25) is 0 Å². The second kappa shape index (κ2) is 9.82. The molecule has 2 rings (SSSR count). The molecule has 2 nitrogen and oxygen atoms in total. The molecule has 0 saturated carbocycles. The predicted octanol–water partition coefficient (Wildman–Crippen LogP) is 4.76. The SMILES string of the molecule is COc1ccccc1CPCCPCc1ccccc1OC. The maximum absolute atomic E-state index is 5.40. The molecule has 0 N–H and O–H groups in total. The maximum Gasteiger partial charge on any atom is 0.122 e. The van der Waals surface area contributed by atoms with Gasteiger partial charge in [-0.1, -0.05) is 36.4 Å². The summed E-state index contributed by atoms with van der Waals surface area (Å²) in [5, 5.41) is 0. The number of hydrogen-bond donors (Lipinski definition) is 0. The van der Waals surface area contributed by atoms with E-state index in [2.05, 4.69) is 24.3 Å². The fourth-order valence-corrected chi connectivity index (χ4v) is 5.21. The summed E-state index contributed by atoms with van der Waals surface area (Å²) in [7, 11) is 5.43. The Morgan fingerprint density at radius 3 is 1.50 bits per heavy atom. The Balaban J connectivity index is 1.67. The highest BCUT2D eigenvalue weighted by Gasteiger charge is 2.02. The van der Waals surface area contributed by atoms with Crippen LogP contribution in [0.5, 0.6) is 11.5 Å². The van der Waals surface area contributed by atoms with Gasteiger partial charge in [-0.3, -0.25) is 0 Å². The van der Waals surface area contributed by atoms with E-state index in [-0.39, 0.29) is 0 Å². The van der Waals surface area contributed by atoms with Crippen LogP contribution in [0.25, 0.3) is 0 Å². The molecule has 0 aliphatic rings. The summed E-state index contributed by atoms with van der Waals surface area (Å²) < 4.78 is 10.8. The molecule has 0 aliphatic heterocycles. The molecule has 0 bridgehead atoms. The molecule has 0 amide bonds. The third-order valence-corrected chi connectivity index (χ3v) is 6.46. The van der Waals surface area contributed by atoms with Crippen LogP contribution in [-0.4, -0.2) is 26.5 Å². The smallest absolute Gasteiger partial charge is 0.122 e. The van der Waals surface area contributed by atoms with Crippen LogP contribution in [0.3, 0.4) is 0 Å². The minimum atomic E-state index is 0.970. The molecule has 2 unspecified atom stereocenters. The summed E-state index contributed by atoms with van der Waals surface area (Å²) in [6, 6.07) is 16.7. The van der Waals surface area contributed by atoms with Crippen molar-refractivity contribution in [2.75, 3.05) is 26.5 Å². The van der Waals surface area contributed by atoms with Crippen molar-refractivity contribution in [1.29, 1.82) is 0 Å². The van der Waals surface area contributed by atoms with E-state index in [9.17, 15) is 0 Å². The Kier molecular flexibility index (Phi) is 7.71. The van der Waals surface area contributed by atoms with Crippen molar-refractivity contribution in [3.63, 3.8) is 0 Å². The Labute approximate surface area is 137 Å². The highest BCUT2D eigenvalue weighted by atomic mass is 31.1. The number of rotatable bonds is 9. The summed E-state index contributed by atoms with van der Waals surface area (Å²) in [6.45, 7) is 0. The van der Waals surface area contributed by atoms with Crippen molar-refractivity contribution in [2.45, 2.75) is 12.3 Å². The fraction of sp³-hybridized carbons (Fsp3) is 0.333. The first-order valence-corrected chi connectivity index (χ1v) is 10.3. The number of hydrogen-bond acceptors (Lipinski definition) is 2. The van der Waals surface area contributed by atoms with Gasteiger partial charge in [-0.15, -0.1) is 17.2 Å². The first kappa shape index (κ1) is 17.3. The lowest BCUT2D eigenvalue weighted by molar-refractivity contribution is 0.411. The van der Waals surface area contributed by atoms with E-state index in [4.69, 9.17) is 9.47 Å². The summed E-state index contributed by atoms with van der Waals surface area (Å²) in [4.78, 5) is 0. The first-order valence-electron chi connectivity index (χ1n) is 7.50. The minimum absolute atomic E-state index is 0.970. The number of methoxy groups -OCH3 is 2. The van der Waals surface area contributed by atoms with Crippen LogP contribution in [0, 0.1) is 0 Å². The van der Waals surface area contributed by atoms with Gasteiger partial charge in [-0.05, 0) is 47.9 Å². The lowest BCUT2D eigenvalue weighted by Crippen LogP contribution is -1.91. The summed E-state index contributed by atoms with van der Waals surface area (Å²) >= 11 is 0.